The number of halogens is 1. The molecule has 0 aromatic heterocycles. The summed E-state index contributed by atoms with van der Waals surface area (Å²) >= 11 is 3.54. The van der Waals surface area contributed by atoms with E-state index in [1.807, 2.05) is 12.1 Å². The van der Waals surface area contributed by atoms with Gasteiger partial charge in [-0.1, -0.05) is 30.3 Å². The van der Waals surface area contributed by atoms with Gasteiger partial charge in [0.15, 0.2) is 0 Å². The van der Waals surface area contributed by atoms with Crippen molar-refractivity contribution >= 4 is 26.7 Å². The highest BCUT2D eigenvalue weighted by Gasteiger charge is 2.08. The summed E-state index contributed by atoms with van der Waals surface area (Å²) in [5.41, 5.74) is 1.19. The van der Waals surface area contributed by atoms with Crippen LogP contribution in [0.3, 0.4) is 0 Å². The van der Waals surface area contributed by atoms with Crippen molar-refractivity contribution in [3.8, 4) is 5.75 Å². The summed E-state index contributed by atoms with van der Waals surface area (Å²) in [5.74, 6) is 0.917. The van der Waals surface area contributed by atoms with Gasteiger partial charge >= 0.3 is 0 Å². The van der Waals surface area contributed by atoms with Crippen LogP contribution in [0.1, 0.15) is 5.56 Å². The molecule has 0 saturated heterocycles. The smallest absolute Gasteiger partial charge is 0.141 e. The Morgan fingerprint density at radius 2 is 1.93 bits per heavy atom. The maximum absolute atomic E-state index is 5.39. The Labute approximate surface area is 91.8 Å². The lowest BCUT2D eigenvalue weighted by molar-refractivity contribution is 0.417. The van der Waals surface area contributed by atoms with Crippen LogP contribution in [0.4, 0.5) is 0 Å². The summed E-state index contributed by atoms with van der Waals surface area (Å²) in [6.07, 6.45) is 0. The number of benzene rings is 2. The van der Waals surface area contributed by atoms with Gasteiger partial charge in [-0.3, -0.25) is 0 Å². The van der Waals surface area contributed by atoms with Gasteiger partial charge in [0.2, 0.25) is 0 Å². The van der Waals surface area contributed by atoms with E-state index in [1.165, 1.54) is 10.9 Å². The van der Waals surface area contributed by atoms with Crippen LogP contribution in [-0.2, 0) is 0 Å². The van der Waals surface area contributed by atoms with E-state index in [2.05, 4.69) is 41.1 Å². The van der Waals surface area contributed by atoms with Crippen molar-refractivity contribution in [3.63, 3.8) is 0 Å². The van der Waals surface area contributed by atoms with Gasteiger partial charge in [-0.05, 0) is 33.8 Å². The topological polar surface area (TPSA) is 9.23 Å². The minimum Gasteiger partial charge on any atom is -0.495 e. The van der Waals surface area contributed by atoms with Crippen molar-refractivity contribution in [2.45, 2.75) is 6.92 Å². The van der Waals surface area contributed by atoms with Gasteiger partial charge in [0.25, 0.3) is 0 Å². The third-order valence-electron chi connectivity index (χ3n) is 2.33. The normalized spacial score (nSPS) is 10.5. The second-order valence-electron chi connectivity index (χ2n) is 3.26. The average molecular weight is 251 g/mol. The Kier molecular flexibility index (Phi) is 2.46. The van der Waals surface area contributed by atoms with Crippen LogP contribution in [-0.4, -0.2) is 7.11 Å². The van der Waals surface area contributed by atoms with Gasteiger partial charge in [-0.15, -0.1) is 0 Å². The molecule has 0 bridgehead atoms. The minimum absolute atomic E-state index is 0.917. The number of methoxy groups -OCH3 is 1. The molecule has 0 spiro atoms. The first-order chi connectivity index (χ1) is 6.74. The lowest BCUT2D eigenvalue weighted by atomic mass is 10.1. The highest BCUT2D eigenvalue weighted by Crippen LogP contribution is 2.35. The highest BCUT2D eigenvalue weighted by molar-refractivity contribution is 9.10. The Morgan fingerprint density at radius 1 is 1.21 bits per heavy atom. The number of fused-ring (bicyclic) bond motifs is 1. The second kappa shape index (κ2) is 3.62. The molecular weight excluding hydrogens is 240 g/mol. The van der Waals surface area contributed by atoms with Gasteiger partial charge in [-0.25, -0.2) is 0 Å². The molecule has 2 rings (SSSR count). The van der Waals surface area contributed by atoms with Crippen molar-refractivity contribution in [2.24, 2.45) is 0 Å². The Balaban J connectivity index is 2.89. The molecule has 0 N–H and O–H groups in total. The third kappa shape index (κ3) is 1.40. The predicted molar refractivity (Wildman–Crippen MR) is 62.9 cm³/mol. The fraction of sp³-hybridized carbons (Fsp3) is 0.167. The fourth-order valence-electron chi connectivity index (χ4n) is 1.62. The van der Waals surface area contributed by atoms with Crippen molar-refractivity contribution in [3.05, 3.63) is 40.4 Å². The van der Waals surface area contributed by atoms with Crippen molar-refractivity contribution in [2.75, 3.05) is 7.11 Å². The third-order valence-corrected chi connectivity index (χ3v) is 3.31. The molecule has 0 aliphatic heterocycles. The number of ether oxygens (including phenoxy) is 1. The highest BCUT2D eigenvalue weighted by atomic mass is 79.9. The lowest BCUT2D eigenvalue weighted by Gasteiger charge is -2.10. The predicted octanol–water partition coefficient (Wildman–Crippen LogP) is 3.92. The van der Waals surface area contributed by atoms with Crippen LogP contribution < -0.4 is 4.74 Å². The molecule has 2 aromatic rings. The molecular formula is C12H11BrO. The van der Waals surface area contributed by atoms with E-state index in [-0.39, 0.29) is 0 Å². The van der Waals surface area contributed by atoms with Crippen molar-refractivity contribution < 1.29 is 4.74 Å². The zero-order valence-electron chi connectivity index (χ0n) is 8.17. The molecule has 0 heterocycles. The van der Waals surface area contributed by atoms with Gasteiger partial charge in [0.1, 0.15) is 5.75 Å². The van der Waals surface area contributed by atoms with Crippen LogP contribution in [0.25, 0.3) is 10.8 Å². The summed E-state index contributed by atoms with van der Waals surface area (Å²) in [4.78, 5) is 0. The standard InChI is InChI=1S/C12H11BrO/c1-8-7-9-5-3-4-6-10(9)12(14-2)11(8)13/h3-7H,1-2H3. The summed E-state index contributed by atoms with van der Waals surface area (Å²) in [6, 6.07) is 10.4. The maximum Gasteiger partial charge on any atom is 0.141 e. The first-order valence-corrected chi connectivity index (χ1v) is 5.25. The van der Waals surface area contributed by atoms with Crippen LogP contribution >= 0.6 is 15.9 Å². The zero-order valence-corrected chi connectivity index (χ0v) is 9.76. The molecule has 2 heteroatoms. The molecule has 0 aliphatic rings. The van der Waals surface area contributed by atoms with Crippen molar-refractivity contribution in [1.29, 1.82) is 0 Å². The Bertz CT molecular complexity index is 477. The molecule has 72 valence electrons. The van der Waals surface area contributed by atoms with E-state index >= 15 is 0 Å². The van der Waals surface area contributed by atoms with E-state index in [9.17, 15) is 0 Å². The molecule has 0 fully saturated rings. The van der Waals surface area contributed by atoms with Crippen LogP contribution in [0.2, 0.25) is 0 Å². The van der Waals surface area contributed by atoms with E-state index in [0.29, 0.717) is 0 Å². The molecule has 1 nitrogen and oxygen atoms in total. The van der Waals surface area contributed by atoms with Crippen LogP contribution in [0.5, 0.6) is 5.75 Å². The van der Waals surface area contributed by atoms with Gasteiger partial charge in [0.05, 0.1) is 11.6 Å². The van der Waals surface area contributed by atoms with Crippen LogP contribution in [0, 0.1) is 6.92 Å². The average Bonchev–Trinajstić information content (AvgIpc) is 2.20. The molecule has 2 aromatic carbocycles. The number of hydrogen-bond acceptors (Lipinski definition) is 1. The molecule has 0 saturated carbocycles. The first-order valence-electron chi connectivity index (χ1n) is 4.46. The van der Waals surface area contributed by atoms with E-state index in [1.54, 1.807) is 7.11 Å². The summed E-state index contributed by atoms with van der Waals surface area (Å²) in [5, 5.41) is 2.36. The molecule has 14 heavy (non-hydrogen) atoms. The zero-order chi connectivity index (χ0) is 10.1. The lowest BCUT2D eigenvalue weighted by Crippen LogP contribution is -1.89. The van der Waals surface area contributed by atoms with E-state index in [0.717, 1.165) is 15.6 Å². The number of rotatable bonds is 1. The molecule has 0 atom stereocenters. The number of hydrogen-bond donors (Lipinski definition) is 0. The molecule has 0 radical (unpaired) electrons. The van der Waals surface area contributed by atoms with Crippen LogP contribution in [0.15, 0.2) is 34.8 Å². The molecule has 0 amide bonds. The fourth-order valence-corrected chi connectivity index (χ4v) is 2.11. The quantitative estimate of drug-likeness (QED) is 0.746. The molecule has 0 unspecified atom stereocenters. The van der Waals surface area contributed by atoms with Crippen molar-refractivity contribution in [1.82, 2.24) is 0 Å². The van der Waals surface area contributed by atoms with Gasteiger partial charge < -0.3 is 4.74 Å². The monoisotopic (exact) mass is 250 g/mol. The summed E-state index contributed by atoms with van der Waals surface area (Å²) < 4.78 is 6.43. The first kappa shape index (κ1) is 9.53. The number of aryl methyl sites for hydroxylation is 1. The van der Waals surface area contributed by atoms with Gasteiger partial charge in [-0.2, -0.15) is 0 Å². The minimum atomic E-state index is 0.917. The molecule has 0 aliphatic carbocycles. The van der Waals surface area contributed by atoms with E-state index in [4.69, 9.17) is 4.74 Å². The van der Waals surface area contributed by atoms with Gasteiger partial charge in [0, 0.05) is 5.39 Å². The van der Waals surface area contributed by atoms with E-state index < -0.39 is 0 Å². The summed E-state index contributed by atoms with van der Waals surface area (Å²) in [7, 11) is 1.70. The maximum atomic E-state index is 5.39. The Morgan fingerprint density at radius 3 is 2.64 bits per heavy atom. The second-order valence-corrected chi connectivity index (χ2v) is 4.05. The Hall–Kier alpha value is -1.02. The SMILES string of the molecule is COc1c(Br)c(C)cc2ccccc12. The summed E-state index contributed by atoms with van der Waals surface area (Å²) in [6.45, 7) is 2.07. The largest absolute Gasteiger partial charge is 0.495 e.